The standard InChI is InChI=1S/C22H16N6O8S4/c1-36-26-14(16-24-21(23)40-27-16)17(32)25-22(6-37)19(35)28-15(18(33)34)8(5-38-20(22)28)13-3-9(29)7-2-10(30)11(31)4-12(7)39-13/h2-4,6,20,30-31H,5H2,1H3,(H,25,32)(H,33,34)(H2,23,24,27)/t20-,22+/m0/s1. The number of nitrogens with two attached hydrogens (primary N) is 1. The highest BCUT2D eigenvalue weighted by Crippen LogP contribution is 2.48. The molecule has 0 saturated carbocycles. The van der Waals surface area contributed by atoms with Gasteiger partial charge in [-0.05, 0) is 6.07 Å². The number of nitrogens with one attached hydrogen (secondary N) is 1. The third kappa shape index (κ3) is 4.24. The van der Waals surface area contributed by atoms with Crippen molar-refractivity contribution in [3.05, 3.63) is 44.8 Å². The highest BCUT2D eigenvalue weighted by Gasteiger charge is 2.65. The summed E-state index contributed by atoms with van der Waals surface area (Å²) >= 11 is 8.08. The second-order valence-corrected chi connectivity index (χ2v) is 11.5. The van der Waals surface area contributed by atoms with E-state index in [1.807, 2.05) is 0 Å². The molecular formula is C22H16N6O8S4. The lowest BCUT2D eigenvalue weighted by Crippen LogP contribution is -2.80. The molecule has 3 aromatic rings. The number of thioether (sulfide) groups is 1. The van der Waals surface area contributed by atoms with E-state index in [9.17, 15) is 34.5 Å². The number of aliphatic carboxylic acids is 1. The van der Waals surface area contributed by atoms with Gasteiger partial charge in [-0.25, -0.2) is 4.79 Å². The smallest absolute Gasteiger partial charge is 0.353 e. The molecule has 2 amide bonds. The van der Waals surface area contributed by atoms with Gasteiger partial charge in [0.1, 0.15) is 18.2 Å². The lowest BCUT2D eigenvalue weighted by Gasteiger charge is -2.55. The average molecular weight is 621 g/mol. The number of hydrogen-bond donors (Lipinski definition) is 5. The van der Waals surface area contributed by atoms with Crippen molar-refractivity contribution in [3.8, 4) is 11.5 Å². The average Bonchev–Trinajstić information content (AvgIpc) is 3.35. The van der Waals surface area contributed by atoms with Crippen LogP contribution in [0.2, 0.25) is 0 Å². The molecule has 0 spiro atoms. The zero-order valence-corrected chi connectivity index (χ0v) is 23.2. The third-order valence-electron chi connectivity index (χ3n) is 5.99. The molecule has 0 aliphatic carbocycles. The molecule has 2 aliphatic rings. The summed E-state index contributed by atoms with van der Waals surface area (Å²) in [5, 5.41) is 36.2. The van der Waals surface area contributed by atoms with Gasteiger partial charge in [0.05, 0.1) is 0 Å². The van der Waals surface area contributed by atoms with Crippen LogP contribution in [0.25, 0.3) is 15.7 Å². The Morgan fingerprint density at radius 1 is 1.30 bits per heavy atom. The molecule has 6 N–H and O–H groups in total. The molecule has 1 fully saturated rings. The van der Waals surface area contributed by atoms with E-state index in [1.165, 1.54) is 19.2 Å². The fourth-order valence-electron chi connectivity index (χ4n) is 4.20. The Morgan fingerprint density at radius 3 is 2.65 bits per heavy atom. The minimum atomic E-state index is -1.78. The van der Waals surface area contributed by atoms with Crippen LogP contribution in [0.5, 0.6) is 11.5 Å². The summed E-state index contributed by atoms with van der Waals surface area (Å²) in [6, 6.07) is 3.53. The first kappa shape index (κ1) is 27.4. The first-order chi connectivity index (χ1) is 19.0. The minimum Gasteiger partial charge on any atom is -0.504 e. The van der Waals surface area contributed by atoms with Crippen molar-refractivity contribution in [2.75, 3.05) is 18.6 Å². The first-order valence-corrected chi connectivity index (χ1v) is 14.0. The fraction of sp³-hybridized carbons (Fsp3) is 0.182. The third-order valence-corrected chi connectivity index (χ3v) is 9.40. The number of β-lactam (4-membered cyclic amide) rings is 1. The van der Waals surface area contributed by atoms with Crippen molar-refractivity contribution in [2.24, 2.45) is 5.16 Å². The van der Waals surface area contributed by atoms with Crippen LogP contribution in [0.1, 0.15) is 10.7 Å². The maximum atomic E-state index is 13.5. The van der Waals surface area contributed by atoms with E-state index in [2.05, 4.69) is 19.8 Å². The van der Waals surface area contributed by atoms with Gasteiger partial charge in [0.15, 0.2) is 27.6 Å². The zero-order valence-electron chi connectivity index (χ0n) is 20.0. The van der Waals surface area contributed by atoms with Crippen LogP contribution < -0.4 is 16.5 Å². The van der Waals surface area contributed by atoms with Crippen molar-refractivity contribution in [3.63, 3.8) is 0 Å². The van der Waals surface area contributed by atoms with Crippen molar-refractivity contribution >= 4 is 96.5 Å². The van der Waals surface area contributed by atoms with Crippen LogP contribution in [0.4, 0.5) is 5.13 Å². The minimum absolute atomic E-state index is 0.0333. The number of amides is 2. The number of anilines is 1. The molecule has 18 heteroatoms. The van der Waals surface area contributed by atoms with E-state index in [1.54, 1.807) is 0 Å². The number of aromatic hydroxyl groups is 2. The van der Waals surface area contributed by atoms with Crippen molar-refractivity contribution in [1.82, 2.24) is 19.6 Å². The van der Waals surface area contributed by atoms with Crippen LogP contribution in [0.15, 0.2) is 33.8 Å². The molecule has 206 valence electrons. The zero-order chi connectivity index (χ0) is 28.9. The van der Waals surface area contributed by atoms with E-state index in [-0.39, 0.29) is 44.0 Å². The largest absolute Gasteiger partial charge is 0.504 e. The maximum Gasteiger partial charge on any atom is 0.353 e. The Kier molecular flexibility index (Phi) is 6.94. The van der Waals surface area contributed by atoms with Crippen LogP contribution in [0, 0.1) is 0 Å². The Labute approximate surface area is 240 Å². The lowest BCUT2D eigenvalue weighted by atomic mass is 9.87. The number of phenolic OH excluding ortho intramolecular Hbond substituents is 2. The van der Waals surface area contributed by atoms with Crippen molar-refractivity contribution in [1.29, 1.82) is 0 Å². The Morgan fingerprint density at radius 2 is 2.02 bits per heavy atom. The number of carbonyl (C=O) groups is 3. The summed E-state index contributed by atoms with van der Waals surface area (Å²) in [5.41, 5.74) is 2.74. The molecule has 2 atom stereocenters. The summed E-state index contributed by atoms with van der Waals surface area (Å²) in [6.07, 6.45) is 0. The predicted molar refractivity (Wildman–Crippen MR) is 151 cm³/mol. The fourth-order valence-corrected chi connectivity index (χ4v) is 7.70. The number of carbonyl (C=O) groups excluding carboxylic acids is 2. The van der Waals surface area contributed by atoms with Gasteiger partial charge in [0.25, 0.3) is 11.8 Å². The summed E-state index contributed by atoms with van der Waals surface area (Å²) in [7, 11) is 1.20. The molecule has 4 heterocycles. The van der Waals surface area contributed by atoms with Gasteiger partial charge in [-0.15, -0.1) is 23.1 Å². The van der Waals surface area contributed by atoms with Gasteiger partial charge in [0, 0.05) is 55.3 Å². The quantitative estimate of drug-likeness (QED) is 0.0810. The number of hydrogen-bond acceptors (Lipinski definition) is 15. The first-order valence-electron chi connectivity index (χ1n) is 10.9. The van der Waals surface area contributed by atoms with Crippen molar-refractivity contribution < 1.29 is 34.5 Å². The second-order valence-electron chi connectivity index (χ2n) is 8.30. The van der Waals surface area contributed by atoms with Crippen LogP contribution in [0.3, 0.4) is 0 Å². The highest BCUT2D eigenvalue weighted by atomic mass is 32.2. The normalized spacial score (nSPS) is 20.6. The van der Waals surface area contributed by atoms with E-state index in [4.69, 9.17) is 22.8 Å². The van der Waals surface area contributed by atoms with E-state index in [0.717, 1.165) is 51.0 Å². The molecule has 14 nitrogen and oxygen atoms in total. The number of thiocarbonyl (C=S) groups is 1. The molecule has 1 saturated heterocycles. The van der Waals surface area contributed by atoms with Gasteiger partial charge in [-0.1, -0.05) is 17.4 Å². The van der Waals surface area contributed by atoms with Gasteiger partial charge in [0.2, 0.25) is 11.5 Å². The van der Waals surface area contributed by atoms with E-state index in [0.29, 0.717) is 4.70 Å². The summed E-state index contributed by atoms with van der Waals surface area (Å²) in [4.78, 5) is 61.8. The molecule has 0 radical (unpaired) electrons. The second kappa shape index (κ2) is 10.1. The monoisotopic (exact) mass is 620 g/mol. The highest BCUT2D eigenvalue weighted by molar-refractivity contribution is 8.00. The number of phenols is 2. The predicted octanol–water partition coefficient (Wildman–Crippen LogP) is 0.723. The molecule has 40 heavy (non-hydrogen) atoms. The number of oxime groups is 1. The van der Waals surface area contributed by atoms with Crippen LogP contribution >= 0.6 is 46.8 Å². The number of benzene rings is 1. The Hall–Kier alpha value is -4.13. The van der Waals surface area contributed by atoms with Crippen LogP contribution in [-0.2, 0) is 19.2 Å². The van der Waals surface area contributed by atoms with Crippen LogP contribution in [-0.4, -0.2) is 82.2 Å². The number of fused-ring (bicyclic) bond motifs is 2. The molecule has 2 aromatic heterocycles. The number of aromatic nitrogens is 2. The summed E-state index contributed by atoms with van der Waals surface area (Å²) < 4.78 is 4.24. The van der Waals surface area contributed by atoms with Gasteiger partial charge >= 0.3 is 5.97 Å². The Balaban J connectivity index is 1.53. The van der Waals surface area contributed by atoms with Gasteiger partial charge in [-0.2, -0.15) is 9.36 Å². The molecule has 0 bridgehead atoms. The number of nitrogens with zero attached hydrogens (tertiary/aromatic N) is 4. The summed E-state index contributed by atoms with van der Waals surface area (Å²) in [6.45, 7) is 0. The van der Waals surface area contributed by atoms with E-state index < -0.39 is 45.6 Å². The lowest BCUT2D eigenvalue weighted by molar-refractivity contribution is -0.153. The molecule has 2 aliphatic heterocycles. The molecule has 0 unspecified atom stereocenters. The molecule has 1 aromatic carbocycles. The Bertz CT molecular complexity index is 1750. The molecule has 5 rings (SSSR count). The maximum absolute atomic E-state index is 13.5. The van der Waals surface area contributed by atoms with Crippen molar-refractivity contribution in [2.45, 2.75) is 10.9 Å². The molecular weight excluding hydrogens is 605 g/mol. The van der Waals surface area contributed by atoms with Gasteiger partial charge in [-0.3, -0.25) is 19.3 Å². The number of carboxylic acid groups (broad SMARTS) is 1. The number of rotatable bonds is 7. The van der Waals surface area contributed by atoms with E-state index >= 15 is 0 Å². The number of carboxylic acids is 1. The summed E-state index contributed by atoms with van der Waals surface area (Å²) in [5.74, 6) is -4.18. The number of nitrogen functional groups attached to an aromatic ring is 1. The SMILES string of the molecule is CON=C(C(=O)N[C@]1(C=S)C(=O)N2C(C(=O)O)=C(c3cc(=O)c4cc(O)c(O)cc4s3)CS[C@H]21)c1nsc(N)n1. The van der Waals surface area contributed by atoms with Gasteiger partial charge < -0.3 is 31.2 Å². The topological polar surface area (TPSA) is 218 Å².